The van der Waals surface area contributed by atoms with E-state index in [-0.39, 0.29) is 19.1 Å². The fraction of sp³-hybridized carbons (Fsp3) is 0.222. The summed E-state index contributed by atoms with van der Waals surface area (Å²) in [6.07, 6.45) is 0.729. The van der Waals surface area contributed by atoms with Crippen LogP contribution < -0.4 is 10.1 Å². The van der Waals surface area contributed by atoms with E-state index in [1.54, 1.807) is 24.3 Å². The Balaban J connectivity index is 1.59. The molecule has 5 nitrogen and oxygen atoms in total. The van der Waals surface area contributed by atoms with E-state index in [0.29, 0.717) is 12.3 Å². The van der Waals surface area contributed by atoms with Gasteiger partial charge in [-0.1, -0.05) is 46.3 Å². The number of esters is 1. The third kappa shape index (κ3) is 6.83. The highest BCUT2D eigenvalue weighted by atomic mass is 79.9. The normalized spacial score (nSPS) is 10.0. The highest BCUT2D eigenvalue weighted by Crippen LogP contribution is 2.15. The lowest BCUT2D eigenvalue weighted by atomic mass is 10.1. The average molecular weight is 392 g/mol. The van der Waals surface area contributed by atoms with Gasteiger partial charge in [-0.05, 0) is 36.2 Å². The van der Waals surface area contributed by atoms with Crippen molar-refractivity contribution in [3.63, 3.8) is 0 Å². The summed E-state index contributed by atoms with van der Waals surface area (Å²) in [5.74, 6) is -0.360. The number of benzene rings is 2. The first-order chi connectivity index (χ1) is 11.6. The van der Waals surface area contributed by atoms with Crippen molar-refractivity contribution < 1.29 is 19.1 Å². The minimum Gasteiger partial charge on any atom is -0.482 e. The van der Waals surface area contributed by atoms with Crippen LogP contribution in [0.3, 0.4) is 0 Å². The number of hydrogen-bond donors (Lipinski definition) is 1. The average Bonchev–Trinajstić information content (AvgIpc) is 2.60. The van der Waals surface area contributed by atoms with Crippen molar-refractivity contribution in [2.75, 3.05) is 19.8 Å². The lowest BCUT2D eigenvalue weighted by Crippen LogP contribution is -2.31. The zero-order valence-electron chi connectivity index (χ0n) is 13.0. The van der Waals surface area contributed by atoms with Crippen LogP contribution in [0.25, 0.3) is 0 Å². The largest absolute Gasteiger partial charge is 0.482 e. The van der Waals surface area contributed by atoms with E-state index in [9.17, 15) is 9.59 Å². The summed E-state index contributed by atoms with van der Waals surface area (Å²) >= 11 is 3.31. The van der Waals surface area contributed by atoms with Crippen LogP contribution in [0, 0.1) is 0 Å². The monoisotopic (exact) mass is 391 g/mol. The minimum atomic E-state index is -0.587. The quantitative estimate of drug-likeness (QED) is 0.702. The van der Waals surface area contributed by atoms with Gasteiger partial charge in [-0.2, -0.15) is 0 Å². The summed E-state index contributed by atoms with van der Waals surface area (Å²) in [5, 5.41) is 2.70. The molecular formula is C18H18BrNO4. The lowest BCUT2D eigenvalue weighted by molar-refractivity contribution is -0.150. The van der Waals surface area contributed by atoms with Crippen LogP contribution in [0.1, 0.15) is 5.56 Å². The van der Waals surface area contributed by atoms with Crippen LogP contribution in [0.5, 0.6) is 5.75 Å². The zero-order valence-corrected chi connectivity index (χ0v) is 14.6. The van der Waals surface area contributed by atoms with Gasteiger partial charge in [-0.3, -0.25) is 4.79 Å². The molecule has 126 valence electrons. The number of nitrogens with one attached hydrogen (secondary N) is 1. The summed E-state index contributed by atoms with van der Waals surface area (Å²) < 4.78 is 11.1. The van der Waals surface area contributed by atoms with E-state index in [0.717, 1.165) is 16.5 Å². The molecule has 0 aliphatic heterocycles. The van der Waals surface area contributed by atoms with Crippen LogP contribution in [-0.2, 0) is 20.7 Å². The molecule has 0 saturated heterocycles. The van der Waals surface area contributed by atoms with Gasteiger partial charge >= 0.3 is 5.97 Å². The van der Waals surface area contributed by atoms with Crippen LogP contribution in [0.4, 0.5) is 0 Å². The van der Waals surface area contributed by atoms with Gasteiger partial charge in [0.15, 0.2) is 13.2 Å². The smallest absolute Gasteiger partial charge is 0.344 e. The molecule has 0 fully saturated rings. The molecule has 0 aromatic heterocycles. The van der Waals surface area contributed by atoms with Crippen molar-refractivity contribution in [2.24, 2.45) is 0 Å². The van der Waals surface area contributed by atoms with E-state index >= 15 is 0 Å². The third-order valence-electron chi connectivity index (χ3n) is 3.11. The van der Waals surface area contributed by atoms with Gasteiger partial charge in [-0.15, -0.1) is 0 Å². The standard InChI is InChI=1S/C18H18BrNO4/c19-15-6-8-16(9-7-15)23-13-18(22)24-12-17(21)20-11-10-14-4-2-1-3-5-14/h1-9H,10-13H2,(H,20,21). The first kappa shape index (κ1) is 18.0. The first-order valence-corrected chi connectivity index (χ1v) is 8.27. The van der Waals surface area contributed by atoms with Crippen molar-refractivity contribution in [3.05, 3.63) is 64.6 Å². The predicted molar refractivity (Wildman–Crippen MR) is 93.8 cm³/mol. The second-order valence-corrected chi connectivity index (χ2v) is 5.90. The maximum atomic E-state index is 11.6. The Morgan fingerprint density at radius 3 is 2.38 bits per heavy atom. The summed E-state index contributed by atoms with van der Waals surface area (Å²) in [5.41, 5.74) is 1.14. The Bertz CT molecular complexity index is 658. The molecule has 0 aliphatic rings. The molecule has 1 N–H and O–H groups in total. The van der Waals surface area contributed by atoms with Gasteiger partial charge in [-0.25, -0.2) is 4.79 Å². The topological polar surface area (TPSA) is 64.6 Å². The Labute approximate surface area is 149 Å². The first-order valence-electron chi connectivity index (χ1n) is 7.48. The van der Waals surface area contributed by atoms with Crippen molar-refractivity contribution in [2.45, 2.75) is 6.42 Å². The molecule has 24 heavy (non-hydrogen) atoms. The number of carbonyl (C=O) groups is 2. The summed E-state index contributed by atoms with van der Waals surface area (Å²) in [6.45, 7) is -0.0496. The number of ether oxygens (including phenoxy) is 2. The second-order valence-electron chi connectivity index (χ2n) is 4.99. The molecule has 0 unspecified atom stereocenters. The van der Waals surface area contributed by atoms with E-state index in [2.05, 4.69) is 21.2 Å². The molecule has 0 radical (unpaired) electrons. The molecule has 0 saturated carbocycles. The lowest BCUT2D eigenvalue weighted by Gasteiger charge is -2.08. The third-order valence-corrected chi connectivity index (χ3v) is 3.64. The second kappa shape index (κ2) is 9.72. The Morgan fingerprint density at radius 2 is 1.67 bits per heavy atom. The van der Waals surface area contributed by atoms with E-state index in [4.69, 9.17) is 9.47 Å². The summed E-state index contributed by atoms with van der Waals surface area (Å²) in [6, 6.07) is 16.9. The molecule has 2 aromatic carbocycles. The SMILES string of the molecule is O=C(COC(=O)COc1ccc(Br)cc1)NCCc1ccccc1. The van der Waals surface area contributed by atoms with Crippen molar-refractivity contribution >= 4 is 27.8 Å². The molecule has 6 heteroatoms. The number of halogens is 1. The highest BCUT2D eigenvalue weighted by molar-refractivity contribution is 9.10. The van der Waals surface area contributed by atoms with Gasteiger partial charge in [0.05, 0.1) is 0 Å². The molecule has 1 amide bonds. The van der Waals surface area contributed by atoms with E-state index in [1.165, 1.54) is 0 Å². The van der Waals surface area contributed by atoms with E-state index in [1.807, 2.05) is 30.3 Å². The van der Waals surface area contributed by atoms with Gasteiger partial charge in [0, 0.05) is 11.0 Å². The maximum Gasteiger partial charge on any atom is 0.344 e. The number of amides is 1. The summed E-state index contributed by atoms with van der Waals surface area (Å²) in [4.78, 5) is 23.2. The molecule has 0 aliphatic carbocycles. The van der Waals surface area contributed by atoms with Crippen molar-refractivity contribution in [1.82, 2.24) is 5.32 Å². The Morgan fingerprint density at radius 1 is 0.958 bits per heavy atom. The molecule has 0 heterocycles. The fourth-order valence-corrected chi connectivity index (χ4v) is 2.17. The molecule has 2 rings (SSSR count). The van der Waals surface area contributed by atoms with Crippen LogP contribution in [0.15, 0.2) is 59.1 Å². The molecule has 0 atom stereocenters. The maximum absolute atomic E-state index is 11.6. The highest BCUT2D eigenvalue weighted by Gasteiger charge is 2.08. The minimum absolute atomic E-state index is 0.237. The molecule has 0 spiro atoms. The molecular weight excluding hydrogens is 374 g/mol. The van der Waals surface area contributed by atoms with Crippen molar-refractivity contribution in [1.29, 1.82) is 0 Å². The molecule has 0 bridgehead atoms. The van der Waals surface area contributed by atoms with Gasteiger partial charge in [0.1, 0.15) is 5.75 Å². The van der Waals surface area contributed by atoms with Gasteiger partial charge in [0.2, 0.25) is 0 Å². The number of hydrogen-bond acceptors (Lipinski definition) is 4. The van der Waals surface area contributed by atoms with Gasteiger partial charge < -0.3 is 14.8 Å². The van der Waals surface area contributed by atoms with Crippen LogP contribution in [-0.4, -0.2) is 31.6 Å². The van der Waals surface area contributed by atoms with Crippen LogP contribution >= 0.6 is 15.9 Å². The van der Waals surface area contributed by atoms with E-state index < -0.39 is 5.97 Å². The Hall–Kier alpha value is -2.34. The number of rotatable bonds is 8. The molecule has 2 aromatic rings. The Kier molecular flexibility index (Phi) is 7.29. The van der Waals surface area contributed by atoms with Crippen molar-refractivity contribution in [3.8, 4) is 5.75 Å². The summed E-state index contributed by atoms with van der Waals surface area (Å²) in [7, 11) is 0. The van der Waals surface area contributed by atoms with Crippen LogP contribution in [0.2, 0.25) is 0 Å². The fourth-order valence-electron chi connectivity index (χ4n) is 1.90. The zero-order chi connectivity index (χ0) is 17.2. The number of carbonyl (C=O) groups excluding carboxylic acids is 2. The predicted octanol–water partition coefficient (Wildman–Crippen LogP) is 2.73. The van der Waals surface area contributed by atoms with Gasteiger partial charge in [0.25, 0.3) is 5.91 Å².